The minimum absolute atomic E-state index is 0.500. The molecule has 0 heterocycles. The van der Waals surface area contributed by atoms with Gasteiger partial charge >= 0.3 is 0 Å². The molecular formula is C12H16N4. The second-order valence-corrected chi connectivity index (χ2v) is 3.71. The van der Waals surface area contributed by atoms with E-state index in [9.17, 15) is 0 Å². The maximum atomic E-state index is 8.11. The fraction of sp³-hybridized carbons (Fsp3) is 0.333. The third kappa shape index (κ3) is 3.33. The van der Waals surface area contributed by atoms with Crippen LogP contribution in [0.4, 0.5) is 5.69 Å². The molecule has 0 radical (unpaired) electrons. The van der Waals surface area contributed by atoms with Crippen molar-refractivity contribution in [1.29, 1.82) is 0 Å². The van der Waals surface area contributed by atoms with Crippen LogP contribution in [0.2, 0.25) is 0 Å². The van der Waals surface area contributed by atoms with Gasteiger partial charge in [-0.05, 0) is 54.6 Å². The molecule has 2 N–H and O–H groups in total. The highest BCUT2D eigenvalue weighted by Gasteiger charge is 1.98. The second-order valence-electron chi connectivity index (χ2n) is 3.71. The lowest BCUT2D eigenvalue weighted by Crippen LogP contribution is -1.93. The van der Waals surface area contributed by atoms with Crippen LogP contribution in [0.3, 0.4) is 0 Å². The number of nitrogens with zero attached hydrogens (tertiary/aromatic N) is 3. The molecule has 0 unspecified atom stereocenters. The molecule has 0 fully saturated rings. The van der Waals surface area contributed by atoms with Gasteiger partial charge < -0.3 is 5.73 Å². The smallest absolute Gasteiger partial charge is 0.0373 e. The summed E-state index contributed by atoms with van der Waals surface area (Å²) in [5.74, 6) is 0. The molecule has 1 aromatic carbocycles. The first-order valence-electron chi connectivity index (χ1n) is 5.19. The van der Waals surface area contributed by atoms with Crippen molar-refractivity contribution >= 4 is 11.8 Å². The fourth-order valence-corrected chi connectivity index (χ4v) is 1.50. The lowest BCUT2D eigenvalue weighted by Gasteiger charge is -2.05. The summed E-state index contributed by atoms with van der Waals surface area (Å²) in [6, 6.07) is 4.10. The summed E-state index contributed by atoms with van der Waals surface area (Å²) in [4.78, 5) is 2.69. The standard InChI is InChI=1S/C12H16N4/c1-9-7-11(8-10(2)12(9)13)5-3-4-6-15-16-14/h3,5,7-8H,4,6,13H2,1-2H3. The van der Waals surface area contributed by atoms with Crippen molar-refractivity contribution in [2.45, 2.75) is 20.3 Å². The Bertz CT molecular complexity index is 419. The van der Waals surface area contributed by atoms with E-state index >= 15 is 0 Å². The van der Waals surface area contributed by atoms with Gasteiger partial charge in [0.25, 0.3) is 0 Å². The number of hydrogen-bond acceptors (Lipinski definition) is 2. The summed E-state index contributed by atoms with van der Waals surface area (Å²) < 4.78 is 0. The zero-order valence-electron chi connectivity index (χ0n) is 9.64. The van der Waals surface area contributed by atoms with E-state index in [1.807, 2.05) is 38.1 Å². The fourth-order valence-electron chi connectivity index (χ4n) is 1.50. The van der Waals surface area contributed by atoms with Crippen LogP contribution in [0.1, 0.15) is 23.1 Å². The predicted octanol–water partition coefficient (Wildman–Crippen LogP) is 3.60. The van der Waals surface area contributed by atoms with Gasteiger partial charge in [-0.3, -0.25) is 0 Å². The first-order chi connectivity index (χ1) is 7.65. The van der Waals surface area contributed by atoms with Gasteiger partial charge in [-0.1, -0.05) is 17.3 Å². The second kappa shape index (κ2) is 5.83. The molecule has 0 atom stereocenters. The van der Waals surface area contributed by atoms with E-state index in [1.165, 1.54) is 0 Å². The molecule has 16 heavy (non-hydrogen) atoms. The van der Waals surface area contributed by atoms with Crippen LogP contribution < -0.4 is 5.73 Å². The van der Waals surface area contributed by atoms with E-state index in [1.54, 1.807) is 0 Å². The molecular weight excluding hydrogens is 200 g/mol. The van der Waals surface area contributed by atoms with E-state index in [0.717, 1.165) is 28.8 Å². The SMILES string of the molecule is Cc1cc(C=CCCN=[N+]=[N-])cc(C)c1N. The highest BCUT2D eigenvalue weighted by Crippen LogP contribution is 2.19. The minimum atomic E-state index is 0.500. The van der Waals surface area contributed by atoms with Crippen molar-refractivity contribution in [3.8, 4) is 0 Å². The normalized spacial score (nSPS) is 10.4. The van der Waals surface area contributed by atoms with Crippen molar-refractivity contribution in [3.05, 3.63) is 45.3 Å². The molecule has 0 bridgehead atoms. The van der Waals surface area contributed by atoms with Crippen molar-refractivity contribution in [2.75, 3.05) is 12.3 Å². The summed E-state index contributed by atoms with van der Waals surface area (Å²) in [6.45, 7) is 4.50. The number of aryl methyl sites for hydroxylation is 2. The Morgan fingerprint density at radius 2 is 2.00 bits per heavy atom. The van der Waals surface area contributed by atoms with Crippen LogP contribution in [0.15, 0.2) is 23.3 Å². The van der Waals surface area contributed by atoms with Gasteiger partial charge in [0.05, 0.1) is 0 Å². The predicted molar refractivity (Wildman–Crippen MR) is 68.0 cm³/mol. The van der Waals surface area contributed by atoms with Crippen LogP contribution in [0.25, 0.3) is 16.5 Å². The number of azide groups is 1. The maximum Gasteiger partial charge on any atom is 0.0373 e. The summed E-state index contributed by atoms with van der Waals surface area (Å²) in [5, 5.41) is 3.46. The molecule has 0 saturated heterocycles. The molecule has 0 amide bonds. The number of anilines is 1. The van der Waals surface area contributed by atoms with E-state index in [-0.39, 0.29) is 0 Å². The maximum absolute atomic E-state index is 8.11. The Hall–Kier alpha value is -1.93. The van der Waals surface area contributed by atoms with Gasteiger partial charge in [-0.2, -0.15) is 0 Å². The molecule has 1 aromatic rings. The molecule has 4 nitrogen and oxygen atoms in total. The average Bonchev–Trinajstić information content (AvgIpc) is 2.25. The largest absolute Gasteiger partial charge is 0.398 e. The van der Waals surface area contributed by atoms with Gasteiger partial charge in [0.2, 0.25) is 0 Å². The summed E-state index contributed by atoms with van der Waals surface area (Å²) in [5.41, 5.74) is 18.1. The Morgan fingerprint density at radius 3 is 2.56 bits per heavy atom. The monoisotopic (exact) mass is 216 g/mol. The molecule has 0 aliphatic carbocycles. The zero-order chi connectivity index (χ0) is 12.0. The number of hydrogen-bond donors (Lipinski definition) is 1. The van der Waals surface area contributed by atoms with Gasteiger partial charge in [0.15, 0.2) is 0 Å². The van der Waals surface area contributed by atoms with Gasteiger partial charge in [-0.15, -0.1) is 0 Å². The van der Waals surface area contributed by atoms with Crippen molar-refractivity contribution < 1.29 is 0 Å². The Kier molecular flexibility index (Phi) is 4.42. The molecule has 0 aromatic heterocycles. The first kappa shape index (κ1) is 12.1. The highest BCUT2D eigenvalue weighted by molar-refractivity contribution is 5.61. The molecule has 0 spiro atoms. The Morgan fingerprint density at radius 1 is 1.38 bits per heavy atom. The summed E-state index contributed by atoms with van der Waals surface area (Å²) >= 11 is 0. The summed E-state index contributed by atoms with van der Waals surface area (Å²) in [6.07, 6.45) is 4.78. The topological polar surface area (TPSA) is 74.8 Å². The molecule has 0 aliphatic rings. The highest BCUT2D eigenvalue weighted by atomic mass is 15.1. The van der Waals surface area contributed by atoms with E-state index < -0.39 is 0 Å². The van der Waals surface area contributed by atoms with Crippen LogP contribution in [0, 0.1) is 13.8 Å². The van der Waals surface area contributed by atoms with Crippen LogP contribution in [-0.2, 0) is 0 Å². The molecule has 1 rings (SSSR count). The average molecular weight is 216 g/mol. The summed E-state index contributed by atoms with van der Waals surface area (Å²) in [7, 11) is 0. The van der Waals surface area contributed by atoms with Crippen molar-refractivity contribution in [1.82, 2.24) is 0 Å². The van der Waals surface area contributed by atoms with Crippen LogP contribution in [0.5, 0.6) is 0 Å². The van der Waals surface area contributed by atoms with Crippen molar-refractivity contribution in [3.63, 3.8) is 0 Å². The van der Waals surface area contributed by atoms with E-state index in [2.05, 4.69) is 10.0 Å². The molecule has 0 saturated carbocycles. The number of nitrogens with two attached hydrogens (primary N) is 1. The van der Waals surface area contributed by atoms with Gasteiger partial charge in [0.1, 0.15) is 0 Å². The van der Waals surface area contributed by atoms with Crippen molar-refractivity contribution in [2.24, 2.45) is 5.11 Å². The quantitative estimate of drug-likeness (QED) is 0.270. The molecule has 84 valence electrons. The number of nitrogen functional groups attached to an aromatic ring is 1. The molecule has 0 aliphatic heterocycles. The van der Waals surface area contributed by atoms with Crippen LogP contribution >= 0.6 is 0 Å². The number of rotatable bonds is 4. The Balaban J connectivity index is 2.71. The third-order valence-electron chi connectivity index (χ3n) is 2.39. The Labute approximate surface area is 95.4 Å². The minimum Gasteiger partial charge on any atom is -0.398 e. The zero-order valence-corrected chi connectivity index (χ0v) is 9.64. The lowest BCUT2D eigenvalue weighted by molar-refractivity contribution is 0.995. The van der Waals surface area contributed by atoms with Crippen LogP contribution in [-0.4, -0.2) is 6.54 Å². The first-order valence-corrected chi connectivity index (χ1v) is 5.19. The van der Waals surface area contributed by atoms with E-state index in [0.29, 0.717) is 6.54 Å². The van der Waals surface area contributed by atoms with Gasteiger partial charge in [0, 0.05) is 17.1 Å². The lowest BCUT2D eigenvalue weighted by atomic mass is 10.0. The molecule has 4 heteroatoms. The van der Waals surface area contributed by atoms with Gasteiger partial charge in [-0.25, -0.2) is 0 Å². The number of benzene rings is 1. The van der Waals surface area contributed by atoms with E-state index in [4.69, 9.17) is 11.3 Å². The third-order valence-corrected chi connectivity index (χ3v) is 2.39.